The number of ether oxygens (including phenoxy) is 1. The number of nitrogens with one attached hydrogen (secondary N) is 1. The van der Waals surface area contributed by atoms with E-state index in [1.54, 1.807) is 7.11 Å². The van der Waals surface area contributed by atoms with Gasteiger partial charge >= 0.3 is 0 Å². The van der Waals surface area contributed by atoms with E-state index in [9.17, 15) is 4.79 Å². The highest BCUT2D eigenvalue weighted by Gasteiger charge is 2.25. The number of amides is 1. The number of nitrogens with zero attached hydrogens (tertiary/aromatic N) is 1. The largest absolute Gasteiger partial charge is 0.495 e. The summed E-state index contributed by atoms with van der Waals surface area (Å²) in [7, 11) is 1.66. The van der Waals surface area contributed by atoms with Crippen LogP contribution in [-0.4, -0.2) is 32.7 Å². The minimum absolute atomic E-state index is 0.173. The summed E-state index contributed by atoms with van der Waals surface area (Å²) in [5, 5.41) is 3.19. The van der Waals surface area contributed by atoms with Crippen molar-refractivity contribution in [1.82, 2.24) is 5.32 Å². The number of para-hydroxylation sites is 1. The van der Waals surface area contributed by atoms with E-state index in [1.165, 1.54) is 5.56 Å². The Balaban J connectivity index is 2.18. The molecular formula is C15H22N2O2. The molecule has 2 rings (SSSR count). The lowest BCUT2D eigenvalue weighted by Gasteiger charge is -2.31. The van der Waals surface area contributed by atoms with Gasteiger partial charge in [0.2, 0.25) is 5.91 Å². The summed E-state index contributed by atoms with van der Waals surface area (Å²) in [6.07, 6.45) is 2.57. The van der Waals surface area contributed by atoms with Gasteiger partial charge in [0.1, 0.15) is 5.75 Å². The van der Waals surface area contributed by atoms with E-state index < -0.39 is 0 Å². The molecule has 0 bridgehead atoms. The van der Waals surface area contributed by atoms with Gasteiger partial charge in [-0.05, 0) is 31.0 Å². The normalized spacial score (nSPS) is 14.1. The molecule has 0 spiro atoms. The fourth-order valence-electron chi connectivity index (χ4n) is 2.54. The Hall–Kier alpha value is -1.55. The van der Waals surface area contributed by atoms with Crippen molar-refractivity contribution < 1.29 is 9.53 Å². The SMILES string of the molecule is CCNCCC(=O)N1CCCc2cccc(OC)c21. The van der Waals surface area contributed by atoms with Gasteiger partial charge < -0.3 is 15.0 Å². The number of hydrogen-bond donors (Lipinski definition) is 1. The zero-order chi connectivity index (χ0) is 13.7. The lowest BCUT2D eigenvalue weighted by atomic mass is 10.0. The first-order valence-electron chi connectivity index (χ1n) is 6.95. The van der Waals surface area contributed by atoms with Crippen LogP contribution in [-0.2, 0) is 11.2 Å². The zero-order valence-electron chi connectivity index (χ0n) is 11.7. The summed E-state index contributed by atoms with van der Waals surface area (Å²) >= 11 is 0. The van der Waals surface area contributed by atoms with E-state index in [1.807, 2.05) is 24.0 Å². The van der Waals surface area contributed by atoms with Crippen molar-refractivity contribution in [1.29, 1.82) is 0 Å². The molecule has 0 aromatic heterocycles. The predicted octanol–water partition coefficient (Wildman–Crippen LogP) is 1.97. The lowest BCUT2D eigenvalue weighted by Crippen LogP contribution is -2.37. The quantitative estimate of drug-likeness (QED) is 0.825. The summed E-state index contributed by atoms with van der Waals surface area (Å²) in [4.78, 5) is 14.2. The Morgan fingerprint density at radius 1 is 1.47 bits per heavy atom. The third-order valence-corrected chi connectivity index (χ3v) is 3.47. The summed E-state index contributed by atoms with van der Waals surface area (Å²) < 4.78 is 5.41. The van der Waals surface area contributed by atoms with Gasteiger partial charge in [0.05, 0.1) is 12.8 Å². The number of carbonyl (C=O) groups is 1. The van der Waals surface area contributed by atoms with Crippen LogP contribution in [0.15, 0.2) is 18.2 Å². The molecule has 0 saturated heterocycles. The molecule has 0 unspecified atom stereocenters. The highest BCUT2D eigenvalue weighted by atomic mass is 16.5. The molecular weight excluding hydrogens is 240 g/mol. The van der Waals surface area contributed by atoms with Crippen LogP contribution >= 0.6 is 0 Å². The molecule has 4 heteroatoms. The molecule has 1 heterocycles. The topological polar surface area (TPSA) is 41.6 Å². The van der Waals surface area contributed by atoms with Crippen molar-refractivity contribution in [2.75, 3.05) is 31.6 Å². The number of methoxy groups -OCH3 is 1. The van der Waals surface area contributed by atoms with Crippen molar-refractivity contribution in [3.8, 4) is 5.75 Å². The smallest absolute Gasteiger partial charge is 0.228 e. The number of fused-ring (bicyclic) bond motifs is 1. The van der Waals surface area contributed by atoms with Crippen molar-refractivity contribution in [3.63, 3.8) is 0 Å². The Morgan fingerprint density at radius 3 is 3.05 bits per heavy atom. The standard InChI is InChI=1S/C15H22N2O2/c1-3-16-10-9-14(18)17-11-5-7-12-6-4-8-13(19-2)15(12)17/h4,6,8,16H,3,5,7,9-11H2,1-2H3. The monoisotopic (exact) mass is 262 g/mol. The van der Waals surface area contributed by atoms with Crippen LogP contribution in [0.4, 0.5) is 5.69 Å². The average molecular weight is 262 g/mol. The molecule has 0 radical (unpaired) electrons. The zero-order valence-corrected chi connectivity index (χ0v) is 11.7. The molecule has 4 nitrogen and oxygen atoms in total. The molecule has 1 aliphatic rings. The van der Waals surface area contributed by atoms with E-state index >= 15 is 0 Å². The maximum Gasteiger partial charge on any atom is 0.228 e. The minimum Gasteiger partial charge on any atom is -0.495 e. The molecule has 0 atom stereocenters. The summed E-state index contributed by atoms with van der Waals surface area (Å²) in [6, 6.07) is 6.00. The molecule has 0 fully saturated rings. The van der Waals surface area contributed by atoms with Gasteiger partial charge in [0.15, 0.2) is 0 Å². The second kappa shape index (κ2) is 6.57. The van der Waals surface area contributed by atoms with Gasteiger partial charge in [-0.1, -0.05) is 19.1 Å². The Labute approximate surface area is 114 Å². The molecule has 1 N–H and O–H groups in total. The number of hydrogen-bond acceptors (Lipinski definition) is 3. The van der Waals surface area contributed by atoms with Crippen LogP contribution in [0.1, 0.15) is 25.3 Å². The molecule has 19 heavy (non-hydrogen) atoms. The number of rotatable bonds is 5. The highest BCUT2D eigenvalue weighted by Crippen LogP contribution is 2.36. The number of benzene rings is 1. The molecule has 104 valence electrons. The number of anilines is 1. The summed E-state index contributed by atoms with van der Waals surface area (Å²) in [5.74, 6) is 0.973. The third-order valence-electron chi connectivity index (χ3n) is 3.47. The predicted molar refractivity (Wildman–Crippen MR) is 76.8 cm³/mol. The van der Waals surface area contributed by atoms with Gasteiger partial charge in [-0.25, -0.2) is 0 Å². The number of carbonyl (C=O) groups excluding carboxylic acids is 1. The second-order valence-corrected chi connectivity index (χ2v) is 4.72. The van der Waals surface area contributed by atoms with Crippen molar-refractivity contribution in [3.05, 3.63) is 23.8 Å². The first-order chi connectivity index (χ1) is 9.27. The maximum atomic E-state index is 12.3. The van der Waals surface area contributed by atoms with Gasteiger partial charge in [0, 0.05) is 19.5 Å². The van der Waals surface area contributed by atoms with Crippen molar-refractivity contribution in [2.45, 2.75) is 26.2 Å². The fourth-order valence-corrected chi connectivity index (χ4v) is 2.54. The van der Waals surface area contributed by atoms with Gasteiger partial charge in [-0.2, -0.15) is 0 Å². The van der Waals surface area contributed by atoms with Crippen LogP contribution in [0, 0.1) is 0 Å². The first kappa shape index (κ1) is 13.9. The minimum atomic E-state index is 0.173. The third kappa shape index (κ3) is 3.07. The Kier molecular flexibility index (Phi) is 4.80. The second-order valence-electron chi connectivity index (χ2n) is 4.72. The lowest BCUT2D eigenvalue weighted by molar-refractivity contribution is -0.118. The molecule has 1 aromatic carbocycles. The summed E-state index contributed by atoms with van der Waals surface area (Å²) in [6.45, 7) is 4.46. The van der Waals surface area contributed by atoms with Crippen LogP contribution in [0.25, 0.3) is 0 Å². The highest BCUT2D eigenvalue weighted by molar-refractivity contribution is 5.96. The molecule has 1 aliphatic heterocycles. The van der Waals surface area contributed by atoms with E-state index in [-0.39, 0.29) is 5.91 Å². The van der Waals surface area contributed by atoms with Gasteiger partial charge in [-0.3, -0.25) is 4.79 Å². The van der Waals surface area contributed by atoms with E-state index in [0.29, 0.717) is 6.42 Å². The molecule has 0 saturated carbocycles. The molecule has 1 aromatic rings. The van der Waals surface area contributed by atoms with E-state index in [0.717, 1.165) is 43.9 Å². The molecule has 0 aliphatic carbocycles. The van der Waals surface area contributed by atoms with Crippen molar-refractivity contribution in [2.24, 2.45) is 0 Å². The Morgan fingerprint density at radius 2 is 2.32 bits per heavy atom. The number of aryl methyl sites for hydroxylation is 1. The van der Waals surface area contributed by atoms with E-state index in [2.05, 4.69) is 11.4 Å². The van der Waals surface area contributed by atoms with Crippen LogP contribution in [0.2, 0.25) is 0 Å². The van der Waals surface area contributed by atoms with Gasteiger partial charge in [-0.15, -0.1) is 0 Å². The average Bonchev–Trinajstić information content (AvgIpc) is 2.46. The van der Waals surface area contributed by atoms with Crippen molar-refractivity contribution >= 4 is 11.6 Å². The fraction of sp³-hybridized carbons (Fsp3) is 0.533. The van der Waals surface area contributed by atoms with Gasteiger partial charge in [0.25, 0.3) is 0 Å². The molecule has 1 amide bonds. The summed E-state index contributed by atoms with van der Waals surface area (Å²) in [5.41, 5.74) is 2.18. The maximum absolute atomic E-state index is 12.3. The van der Waals surface area contributed by atoms with Crippen LogP contribution in [0.5, 0.6) is 5.75 Å². The van der Waals surface area contributed by atoms with Crippen LogP contribution in [0.3, 0.4) is 0 Å². The van der Waals surface area contributed by atoms with Crippen LogP contribution < -0.4 is 15.0 Å². The Bertz CT molecular complexity index is 432. The van der Waals surface area contributed by atoms with E-state index in [4.69, 9.17) is 4.74 Å². The first-order valence-corrected chi connectivity index (χ1v) is 6.95.